The van der Waals surface area contributed by atoms with Crippen LogP contribution in [0.15, 0.2) is 61.0 Å². The normalized spacial score (nSPS) is 17.1. The van der Waals surface area contributed by atoms with Gasteiger partial charge in [0.1, 0.15) is 18.0 Å². The minimum absolute atomic E-state index is 0.0161. The summed E-state index contributed by atoms with van der Waals surface area (Å²) in [6.07, 6.45) is 8.72. The van der Waals surface area contributed by atoms with Crippen LogP contribution in [0.1, 0.15) is 24.6 Å². The number of allylic oxidation sites excluding steroid dienone is 2. The largest absolute Gasteiger partial charge is 0.368 e. The first-order chi connectivity index (χ1) is 18.3. The molecule has 0 saturated heterocycles. The second-order valence-electron chi connectivity index (χ2n) is 9.52. The predicted molar refractivity (Wildman–Crippen MR) is 149 cm³/mol. The number of fused-ring (bicyclic) bond motifs is 1. The molecule has 0 spiro atoms. The number of carbonyl (C=O) groups is 1. The number of nitrogens with two attached hydrogens (primary N) is 1. The second-order valence-corrected chi connectivity index (χ2v) is 9.52. The van der Waals surface area contributed by atoms with Crippen molar-refractivity contribution in [2.24, 2.45) is 0 Å². The lowest BCUT2D eigenvalue weighted by Gasteiger charge is -2.39. The van der Waals surface area contributed by atoms with E-state index in [0.29, 0.717) is 35.8 Å². The van der Waals surface area contributed by atoms with Crippen molar-refractivity contribution in [3.8, 4) is 0 Å². The molecule has 196 valence electrons. The van der Waals surface area contributed by atoms with Crippen molar-refractivity contribution < 1.29 is 4.79 Å². The number of imidazole rings is 1. The number of nitrogen functional groups attached to an aromatic ring is 1. The molecule has 1 amide bonds. The molecule has 38 heavy (non-hydrogen) atoms. The summed E-state index contributed by atoms with van der Waals surface area (Å²) >= 11 is 0. The molecule has 0 saturated carbocycles. The highest BCUT2D eigenvalue weighted by Gasteiger charge is 2.32. The third kappa shape index (κ3) is 4.88. The summed E-state index contributed by atoms with van der Waals surface area (Å²) in [5, 5.41) is 10.8. The first kappa shape index (κ1) is 25.2. The Balaban J connectivity index is 1.40. The van der Waals surface area contributed by atoms with E-state index < -0.39 is 5.66 Å². The standard InChI is InChI=1S/C27H32N10O/c1-5-37-21(15-18(2)34-37)30-22(38)16-36-17-29-23-24(31-26(28)32-25(23)36)33-27(35(3)4)13-11-20(12-14-27)19-9-7-6-8-10-19/h6-13,15,17H,5,14,16H2,1-4H3,(H,30,38)(H3,28,31,32,33). The zero-order valence-corrected chi connectivity index (χ0v) is 22.0. The second kappa shape index (κ2) is 10.1. The summed E-state index contributed by atoms with van der Waals surface area (Å²) in [5.41, 5.74) is 9.73. The van der Waals surface area contributed by atoms with Crippen molar-refractivity contribution in [3.05, 3.63) is 72.2 Å². The van der Waals surface area contributed by atoms with Gasteiger partial charge in [-0.05, 0) is 45.2 Å². The van der Waals surface area contributed by atoms with E-state index in [-0.39, 0.29) is 18.4 Å². The van der Waals surface area contributed by atoms with Crippen LogP contribution in [0.4, 0.5) is 17.6 Å². The van der Waals surface area contributed by atoms with E-state index in [1.54, 1.807) is 15.6 Å². The summed E-state index contributed by atoms with van der Waals surface area (Å²) in [4.78, 5) is 28.4. The molecule has 1 aliphatic carbocycles. The van der Waals surface area contributed by atoms with Crippen molar-refractivity contribution in [2.75, 3.05) is 30.5 Å². The van der Waals surface area contributed by atoms with Crippen LogP contribution in [0.25, 0.3) is 16.7 Å². The Labute approximate surface area is 221 Å². The smallest absolute Gasteiger partial charge is 0.245 e. The van der Waals surface area contributed by atoms with Crippen LogP contribution in [-0.4, -0.2) is 59.9 Å². The number of aryl methyl sites for hydroxylation is 2. The molecule has 5 rings (SSSR count). The van der Waals surface area contributed by atoms with Crippen LogP contribution >= 0.6 is 0 Å². The van der Waals surface area contributed by atoms with Gasteiger partial charge in [0.25, 0.3) is 0 Å². The van der Waals surface area contributed by atoms with E-state index in [1.165, 1.54) is 5.56 Å². The lowest BCUT2D eigenvalue weighted by atomic mass is 9.92. The molecular weight excluding hydrogens is 480 g/mol. The number of rotatable bonds is 8. The van der Waals surface area contributed by atoms with Gasteiger partial charge >= 0.3 is 0 Å². The molecule has 0 radical (unpaired) electrons. The van der Waals surface area contributed by atoms with Gasteiger partial charge in [-0.15, -0.1) is 0 Å². The van der Waals surface area contributed by atoms with Gasteiger partial charge in [-0.2, -0.15) is 15.1 Å². The van der Waals surface area contributed by atoms with Crippen molar-refractivity contribution in [2.45, 2.75) is 39.0 Å². The molecule has 1 aliphatic rings. The topological polar surface area (TPSA) is 132 Å². The molecule has 11 nitrogen and oxygen atoms in total. The van der Waals surface area contributed by atoms with Gasteiger partial charge in [0.05, 0.1) is 12.0 Å². The van der Waals surface area contributed by atoms with Crippen LogP contribution in [0, 0.1) is 6.92 Å². The van der Waals surface area contributed by atoms with E-state index in [1.807, 2.05) is 52.2 Å². The lowest BCUT2D eigenvalue weighted by Crippen LogP contribution is -2.50. The molecule has 11 heteroatoms. The number of hydrogen-bond acceptors (Lipinski definition) is 8. The molecule has 0 aliphatic heterocycles. The Bertz CT molecular complexity index is 1530. The first-order valence-electron chi connectivity index (χ1n) is 12.5. The van der Waals surface area contributed by atoms with Gasteiger partial charge in [-0.3, -0.25) is 9.69 Å². The highest BCUT2D eigenvalue weighted by Crippen LogP contribution is 2.32. The van der Waals surface area contributed by atoms with E-state index in [9.17, 15) is 4.79 Å². The average Bonchev–Trinajstić information content (AvgIpc) is 3.47. The van der Waals surface area contributed by atoms with Crippen LogP contribution in [-0.2, 0) is 17.9 Å². The first-order valence-corrected chi connectivity index (χ1v) is 12.5. The Morgan fingerprint density at radius 1 is 1.21 bits per heavy atom. The maximum atomic E-state index is 12.9. The predicted octanol–water partition coefficient (Wildman–Crippen LogP) is 3.29. The van der Waals surface area contributed by atoms with Gasteiger partial charge in [-0.1, -0.05) is 42.5 Å². The molecule has 1 atom stereocenters. The van der Waals surface area contributed by atoms with Crippen molar-refractivity contribution in [1.29, 1.82) is 0 Å². The summed E-state index contributed by atoms with van der Waals surface area (Å²) in [7, 11) is 4.01. The van der Waals surface area contributed by atoms with Crippen LogP contribution < -0.4 is 16.4 Å². The molecular formula is C27H32N10O. The Morgan fingerprint density at radius 3 is 2.68 bits per heavy atom. The Morgan fingerprint density at radius 2 is 2.00 bits per heavy atom. The van der Waals surface area contributed by atoms with Gasteiger partial charge in [0.15, 0.2) is 17.0 Å². The number of amides is 1. The monoisotopic (exact) mass is 512 g/mol. The highest BCUT2D eigenvalue weighted by molar-refractivity contribution is 5.92. The zero-order chi connectivity index (χ0) is 26.9. The quantitative estimate of drug-likeness (QED) is 0.307. The number of nitrogens with zero attached hydrogens (tertiary/aromatic N) is 7. The fourth-order valence-corrected chi connectivity index (χ4v) is 4.60. The Hall–Kier alpha value is -4.51. The number of likely N-dealkylation sites (N-methyl/N-ethyl adjacent to an activating group) is 1. The minimum Gasteiger partial charge on any atom is -0.368 e. The van der Waals surface area contributed by atoms with Gasteiger partial charge in [0.2, 0.25) is 11.9 Å². The lowest BCUT2D eigenvalue weighted by molar-refractivity contribution is -0.116. The highest BCUT2D eigenvalue weighted by atomic mass is 16.2. The number of nitrogens with one attached hydrogen (secondary N) is 2. The molecule has 1 unspecified atom stereocenters. The van der Waals surface area contributed by atoms with Gasteiger partial charge in [0, 0.05) is 19.0 Å². The van der Waals surface area contributed by atoms with Crippen molar-refractivity contribution in [1.82, 2.24) is 34.2 Å². The third-order valence-corrected chi connectivity index (χ3v) is 6.68. The number of carbonyl (C=O) groups excluding carboxylic acids is 1. The summed E-state index contributed by atoms with van der Waals surface area (Å²) in [6.45, 7) is 4.53. The fraction of sp³-hybridized carbons (Fsp3) is 0.296. The molecule has 4 N–H and O–H groups in total. The minimum atomic E-state index is -0.552. The molecule has 0 fully saturated rings. The summed E-state index contributed by atoms with van der Waals surface area (Å²) in [5.74, 6) is 1.03. The fourth-order valence-electron chi connectivity index (χ4n) is 4.60. The molecule has 1 aromatic carbocycles. The summed E-state index contributed by atoms with van der Waals surface area (Å²) < 4.78 is 3.41. The van der Waals surface area contributed by atoms with E-state index in [0.717, 1.165) is 11.3 Å². The molecule has 3 aromatic heterocycles. The molecule has 3 heterocycles. The third-order valence-electron chi connectivity index (χ3n) is 6.68. The number of anilines is 3. The van der Waals surface area contributed by atoms with Crippen LogP contribution in [0.3, 0.4) is 0 Å². The number of hydrogen-bond donors (Lipinski definition) is 3. The number of aromatic nitrogens is 6. The maximum Gasteiger partial charge on any atom is 0.245 e. The maximum absolute atomic E-state index is 12.9. The average molecular weight is 513 g/mol. The Kier molecular flexibility index (Phi) is 6.68. The van der Waals surface area contributed by atoms with Crippen LogP contribution in [0.2, 0.25) is 0 Å². The van der Waals surface area contributed by atoms with Crippen LogP contribution in [0.5, 0.6) is 0 Å². The van der Waals surface area contributed by atoms with E-state index in [4.69, 9.17) is 5.73 Å². The zero-order valence-electron chi connectivity index (χ0n) is 22.0. The number of benzene rings is 1. The van der Waals surface area contributed by atoms with Crippen molar-refractivity contribution in [3.63, 3.8) is 0 Å². The van der Waals surface area contributed by atoms with Gasteiger partial charge in [-0.25, -0.2) is 9.67 Å². The van der Waals surface area contributed by atoms with E-state index >= 15 is 0 Å². The molecule has 0 bridgehead atoms. The molecule has 4 aromatic rings. The summed E-state index contributed by atoms with van der Waals surface area (Å²) in [6, 6.07) is 12.1. The van der Waals surface area contributed by atoms with Gasteiger partial charge < -0.3 is 20.9 Å². The SMILES string of the molecule is CCn1nc(C)cc1NC(=O)Cn1cnc2c(NC3(N(C)C)C=CC(c4ccccc4)=CC3)nc(N)nc21. The van der Waals surface area contributed by atoms with E-state index in [2.05, 4.69) is 65.9 Å². The van der Waals surface area contributed by atoms with Crippen molar-refractivity contribution >= 4 is 40.2 Å².